The van der Waals surface area contributed by atoms with Crippen molar-refractivity contribution in [2.24, 2.45) is 0 Å². The van der Waals surface area contributed by atoms with Gasteiger partial charge in [0.25, 0.3) is 0 Å². The zero-order valence-corrected chi connectivity index (χ0v) is 17.0. The van der Waals surface area contributed by atoms with Crippen LogP contribution in [-0.4, -0.2) is 26.3 Å². The standard InChI is InChI=1S/C20H25NO3S2/c1-4-19(16-7-11-18(12-8-16)26(3,23)24)21-20(22)13-14-25-17-9-5-15(2)6-10-17/h5-12,19H,4,13-14H2,1-3H3,(H,21,22). The Kier molecular flexibility index (Phi) is 7.29. The highest BCUT2D eigenvalue weighted by molar-refractivity contribution is 7.99. The van der Waals surface area contributed by atoms with Crippen molar-refractivity contribution >= 4 is 27.5 Å². The molecule has 0 radical (unpaired) electrons. The molecule has 1 amide bonds. The molecular formula is C20H25NO3S2. The molecule has 0 aliphatic rings. The van der Waals surface area contributed by atoms with Crippen LogP contribution in [0.15, 0.2) is 58.3 Å². The van der Waals surface area contributed by atoms with Gasteiger partial charge in [-0.25, -0.2) is 8.42 Å². The maximum Gasteiger partial charge on any atom is 0.221 e. The highest BCUT2D eigenvalue weighted by atomic mass is 32.2. The molecule has 0 aliphatic carbocycles. The molecule has 0 saturated heterocycles. The molecule has 0 bridgehead atoms. The number of hydrogen-bond donors (Lipinski definition) is 1. The highest BCUT2D eigenvalue weighted by Gasteiger charge is 2.14. The quantitative estimate of drug-likeness (QED) is 0.687. The van der Waals surface area contributed by atoms with Crippen LogP contribution < -0.4 is 5.32 Å². The van der Waals surface area contributed by atoms with Crippen molar-refractivity contribution in [2.75, 3.05) is 12.0 Å². The first-order valence-electron chi connectivity index (χ1n) is 8.58. The Morgan fingerprint density at radius 2 is 1.69 bits per heavy atom. The van der Waals surface area contributed by atoms with Gasteiger partial charge in [0.15, 0.2) is 9.84 Å². The van der Waals surface area contributed by atoms with Crippen LogP contribution in [0.4, 0.5) is 0 Å². The molecule has 0 saturated carbocycles. The van der Waals surface area contributed by atoms with E-state index < -0.39 is 9.84 Å². The van der Waals surface area contributed by atoms with Crippen molar-refractivity contribution in [3.63, 3.8) is 0 Å². The van der Waals surface area contributed by atoms with Crippen molar-refractivity contribution in [3.05, 3.63) is 59.7 Å². The van der Waals surface area contributed by atoms with Crippen molar-refractivity contribution in [1.82, 2.24) is 5.32 Å². The van der Waals surface area contributed by atoms with Gasteiger partial charge in [-0.1, -0.05) is 36.8 Å². The number of aryl methyl sites for hydroxylation is 1. The summed E-state index contributed by atoms with van der Waals surface area (Å²) in [5, 5.41) is 3.03. The molecule has 0 aliphatic heterocycles. The monoisotopic (exact) mass is 391 g/mol. The van der Waals surface area contributed by atoms with Gasteiger partial charge in [0.05, 0.1) is 10.9 Å². The first-order valence-corrected chi connectivity index (χ1v) is 11.5. The average molecular weight is 392 g/mol. The molecule has 0 fully saturated rings. The number of thioether (sulfide) groups is 1. The molecule has 0 aromatic heterocycles. The first-order chi connectivity index (χ1) is 12.3. The number of benzene rings is 2. The minimum absolute atomic E-state index is 0.00338. The molecule has 1 N–H and O–H groups in total. The predicted octanol–water partition coefficient (Wildman–Crippen LogP) is 4.15. The SMILES string of the molecule is CCC(NC(=O)CCSc1ccc(C)cc1)c1ccc(S(C)(=O)=O)cc1. The molecule has 1 unspecified atom stereocenters. The van der Waals surface area contributed by atoms with Crippen molar-refractivity contribution in [3.8, 4) is 0 Å². The van der Waals surface area contributed by atoms with Crippen LogP contribution in [0.5, 0.6) is 0 Å². The Morgan fingerprint density at radius 1 is 1.08 bits per heavy atom. The van der Waals surface area contributed by atoms with E-state index in [1.54, 1.807) is 36.0 Å². The Balaban J connectivity index is 1.88. The number of hydrogen-bond acceptors (Lipinski definition) is 4. The molecule has 140 valence electrons. The summed E-state index contributed by atoms with van der Waals surface area (Å²) in [6, 6.07) is 14.9. The lowest BCUT2D eigenvalue weighted by Gasteiger charge is -2.18. The van der Waals surface area contributed by atoms with Gasteiger partial charge in [-0.15, -0.1) is 11.8 Å². The third-order valence-corrected chi connectivity index (χ3v) is 6.22. The summed E-state index contributed by atoms with van der Waals surface area (Å²) in [6.07, 6.45) is 2.37. The second kappa shape index (κ2) is 9.24. The number of sulfone groups is 1. The predicted molar refractivity (Wildman–Crippen MR) is 107 cm³/mol. The van der Waals surface area contributed by atoms with Crippen molar-refractivity contribution in [2.45, 2.75) is 42.5 Å². The second-order valence-electron chi connectivity index (χ2n) is 6.28. The van der Waals surface area contributed by atoms with E-state index in [9.17, 15) is 13.2 Å². The van der Waals surface area contributed by atoms with Gasteiger partial charge in [0.2, 0.25) is 5.91 Å². The summed E-state index contributed by atoms with van der Waals surface area (Å²) >= 11 is 1.67. The normalized spacial score (nSPS) is 12.6. The maximum absolute atomic E-state index is 12.2. The van der Waals surface area contributed by atoms with Crippen molar-refractivity contribution in [1.29, 1.82) is 0 Å². The van der Waals surface area contributed by atoms with Gasteiger partial charge in [-0.2, -0.15) is 0 Å². The lowest BCUT2D eigenvalue weighted by molar-refractivity contribution is -0.121. The van der Waals surface area contributed by atoms with Gasteiger partial charge in [-0.3, -0.25) is 4.79 Å². The average Bonchev–Trinajstić information content (AvgIpc) is 2.61. The van der Waals surface area contributed by atoms with Crippen LogP contribution >= 0.6 is 11.8 Å². The summed E-state index contributed by atoms with van der Waals surface area (Å²) in [5.41, 5.74) is 2.14. The maximum atomic E-state index is 12.2. The van der Waals surface area contributed by atoms with Gasteiger partial charge < -0.3 is 5.32 Å². The molecule has 1 atom stereocenters. The number of carbonyl (C=O) groups is 1. The van der Waals surface area contributed by atoms with Crippen molar-refractivity contribution < 1.29 is 13.2 Å². The Hall–Kier alpha value is -1.79. The number of rotatable bonds is 8. The third kappa shape index (κ3) is 6.18. The van der Waals surface area contributed by atoms with E-state index in [4.69, 9.17) is 0 Å². The molecule has 4 nitrogen and oxygen atoms in total. The Bertz CT molecular complexity index is 828. The van der Waals surface area contributed by atoms with E-state index in [1.165, 1.54) is 11.8 Å². The summed E-state index contributed by atoms with van der Waals surface area (Å²) in [6.45, 7) is 4.05. The number of carbonyl (C=O) groups excluding carboxylic acids is 1. The summed E-state index contributed by atoms with van der Waals surface area (Å²) in [4.78, 5) is 13.7. The summed E-state index contributed by atoms with van der Waals surface area (Å²) in [5.74, 6) is 0.724. The molecule has 2 aromatic carbocycles. The van der Waals surface area contributed by atoms with Gasteiger partial charge in [-0.05, 0) is 43.2 Å². The zero-order valence-electron chi connectivity index (χ0n) is 15.4. The molecule has 0 heterocycles. The van der Waals surface area contributed by atoms with E-state index in [1.807, 2.05) is 6.92 Å². The van der Waals surface area contributed by atoms with Crippen LogP contribution in [0, 0.1) is 6.92 Å². The van der Waals surface area contributed by atoms with Crippen LogP contribution in [-0.2, 0) is 14.6 Å². The molecular weight excluding hydrogens is 366 g/mol. The highest BCUT2D eigenvalue weighted by Crippen LogP contribution is 2.21. The Morgan fingerprint density at radius 3 is 2.23 bits per heavy atom. The number of nitrogens with one attached hydrogen (secondary N) is 1. The van der Waals surface area contributed by atoms with Crippen LogP contribution in [0.2, 0.25) is 0 Å². The second-order valence-corrected chi connectivity index (χ2v) is 9.47. The minimum Gasteiger partial charge on any atom is -0.349 e. The van der Waals surface area contributed by atoms with Gasteiger partial charge in [0, 0.05) is 23.3 Å². The first kappa shape index (κ1) is 20.5. The van der Waals surface area contributed by atoms with Gasteiger partial charge >= 0.3 is 0 Å². The zero-order chi connectivity index (χ0) is 19.2. The summed E-state index contributed by atoms with van der Waals surface area (Å²) < 4.78 is 23.1. The van der Waals surface area contributed by atoms with E-state index in [2.05, 4.69) is 36.5 Å². The van der Waals surface area contributed by atoms with Crippen LogP contribution in [0.25, 0.3) is 0 Å². The fourth-order valence-corrected chi connectivity index (χ4v) is 4.01. The number of amides is 1. The molecule has 26 heavy (non-hydrogen) atoms. The van der Waals surface area contributed by atoms with E-state index in [-0.39, 0.29) is 16.8 Å². The molecule has 6 heteroatoms. The van der Waals surface area contributed by atoms with Gasteiger partial charge in [0.1, 0.15) is 0 Å². The fraction of sp³-hybridized carbons (Fsp3) is 0.350. The van der Waals surface area contributed by atoms with E-state index >= 15 is 0 Å². The molecule has 2 aromatic rings. The lowest BCUT2D eigenvalue weighted by atomic mass is 10.0. The van der Waals surface area contributed by atoms with Crippen LogP contribution in [0.1, 0.15) is 36.9 Å². The Labute approximate surface area is 160 Å². The van der Waals surface area contributed by atoms with E-state index in [0.29, 0.717) is 6.42 Å². The van der Waals surface area contributed by atoms with E-state index in [0.717, 1.165) is 22.6 Å². The smallest absolute Gasteiger partial charge is 0.221 e. The fourth-order valence-electron chi connectivity index (χ4n) is 2.53. The minimum atomic E-state index is -3.21. The molecule has 0 spiro atoms. The van der Waals surface area contributed by atoms with Crippen LogP contribution in [0.3, 0.4) is 0 Å². The topological polar surface area (TPSA) is 63.2 Å². The largest absolute Gasteiger partial charge is 0.349 e. The third-order valence-electron chi connectivity index (χ3n) is 4.07. The summed E-state index contributed by atoms with van der Waals surface area (Å²) in [7, 11) is -3.21. The lowest BCUT2D eigenvalue weighted by Crippen LogP contribution is -2.28. The molecule has 2 rings (SSSR count).